The number of rotatable bonds is 4. The van der Waals surface area contributed by atoms with E-state index in [1.165, 1.54) is 0 Å². The fraction of sp³-hybridized carbons (Fsp3) is 0.263. The summed E-state index contributed by atoms with van der Waals surface area (Å²) in [7, 11) is 0. The molecule has 1 fully saturated rings. The lowest BCUT2D eigenvalue weighted by atomic mass is 9.94. The molecule has 0 radical (unpaired) electrons. The Bertz CT molecular complexity index is 1030. The molecule has 28 heavy (non-hydrogen) atoms. The monoisotopic (exact) mass is 398 g/mol. The van der Waals surface area contributed by atoms with Crippen molar-refractivity contribution in [3.8, 4) is 5.69 Å². The van der Waals surface area contributed by atoms with Crippen LogP contribution in [0.5, 0.6) is 0 Å². The normalized spacial score (nSPS) is 16.9. The summed E-state index contributed by atoms with van der Waals surface area (Å²) in [6.07, 6.45) is 3.48. The Hall–Kier alpha value is -3.13. The number of halogens is 1. The first kappa shape index (κ1) is 18.2. The minimum atomic E-state index is -0.573. The second kappa shape index (κ2) is 7.47. The van der Waals surface area contributed by atoms with E-state index in [0.717, 1.165) is 24.2 Å². The highest BCUT2D eigenvalue weighted by Gasteiger charge is 2.28. The van der Waals surface area contributed by atoms with Crippen LogP contribution in [0.15, 0.2) is 42.6 Å². The van der Waals surface area contributed by atoms with Gasteiger partial charge in [-0.1, -0.05) is 23.7 Å². The van der Waals surface area contributed by atoms with E-state index in [2.05, 4.69) is 15.3 Å². The second-order valence-corrected chi connectivity index (χ2v) is 7.17. The van der Waals surface area contributed by atoms with Crippen LogP contribution in [0.25, 0.3) is 5.69 Å². The largest absolute Gasteiger partial charge is 0.364 e. The number of aromatic amines is 1. The fourth-order valence-corrected chi connectivity index (χ4v) is 3.68. The van der Waals surface area contributed by atoms with Crippen molar-refractivity contribution in [3.63, 3.8) is 0 Å². The van der Waals surface area contributed by atoms with E-state index in [-0.39, 0.29) is 17.5 Å². The Morgan fingerprint density at radius 1 is 1.21 bits per heavy atom. The van der Waals surface area contributed by atoms with Gasteiger partial charge in [0, 0.05) is 30.9 Å². The maximum Gasteiger partial charge on any atom is 0.274 e. The van der Waals surface area contributed by atoms with Crippen LogP contribution in [0.1, 0.15) is 45.4 Å². The van der Waals surface area contributed by atoms with Crippen molar-refractivity contribution in [2.24, 2.45) is 5.73 Å². The van der Waals surface area contributed by atoms with Gasteiger partial charge in [0.2, 0.25) is 0 Å². The molecule has 1 aliphatic rings. The van der Waals surface area contributed by atoms with Gasteiger partial charge in [0.05, 0.1) is 10.7 Å². The Labute approximate surface area is 166 Å². The summed E-state index contributed by atoms with van der Waals surface area (Å²) in [5.74, 6) is -0.634. The van der Waals surface area contributed by atoms with Gasteiger partial charge in [0.1, 0.15) is 5.69 Å². The number of likely N-dealkylation sites (tertiary alicyclic amines) is 1. The third-order valence-electron chi connectivity index (χ3n) is 4.91. The van der Waals surface area contributed by atoms with Gasteiger partial charge in [-0.05, 0) is 37.1 Å². The van der Waals surface area contributed by atoms with Crippen molar-refractivity contribution in [2.45, 2.75) is 18.8 Å². The zero-order chi connectivity index (χ0) is 19.7. The number of hydrogen-bond acceptors (Lipinski definition) is 4. The Balaban J connectivity index is 1.50. The number of nitrogens with zero attached hydrogens (tertiary/aromatic N) is 4. The minimum Gasteiger partial charge on any atom is -0.364 e. The van der Waals surface area contributed by atoms with Crippen molar-refractivity contribution in [1.82, 2.24) is 24.9 Å². The van der Waals surface area contributed by atoms with E-state index in [1.54, 1.807) is 34.0 Å². The van der Waals surface area contributed by atoms with Gasteiger partial charge in [-0.3, -0.25) is 14.7 Å². The number of nitrogens with two attached hydrogens (primary N) is 1. The first-order chi connectivity index (χ1) is 13.5. The number of benzene rings is 1. The summed E-state index contributed by atoms with van der Waals surface area (Å²) in [5, 5.41) is 11.8. The van der Waals surface area contributed by atoms with Crippen LogP contribution in [0.4, 0.5) is 0 Å². The summed E-state index contributed by atoms with van der Waals surface area (Å²) >= 11 is 6.21. The summed E-state index contributed by atoms with van der Waals surface area (Å²) in [6, 6.07) is 10.7. The predicted octanol–water partition coefficient (Wildman–Crippen LogP) is 2.37. The molecule has 4 rings (SSSR count). The molecule has 2 amide bonds. The molecule has 9 heteroatoms. The molecule has 8 nitrogen and oxygen atoms in total. The first-order valence-electron chi connectivity index (χ1n) is 8.98. The first-order valence-corrected chi connectivity index (χ1v) is 9.35. The van der Waals surface area contributed by atoms with Crippen molar-refractivity contribution in [3.05, 3.63) is 64.7 Å². The van der Waals surface area contributed by atoms with Gasteiger partial charge >= 0.3 is 0 Å². The van der Waals surface area contributed by atoms with Crippen LogP contribution >= 0.6 is 11.6 Å². The quantitative estimate of drug-likeness (QED) is 0.702. The van der Waals surface area contributed by atoms with Crippen LogP contribution in [0, 0.1) is 0 Å². The molecule has 1 atom stereocenters. The molecule has 0 spiro atoms. The molecule has 3 aromatic rings. The molecular weight excluding hydrogens is 380 g/mol. The van der Waals surface area contributed by atoms with E-state index in [9.17, 15) is 9.59 Å². The molecule has 0 saturated carbocycles. The molecule has 1 aliphatic heterocycles. The Kier molecular flexibility index (Phi) is 4.87. The van der Waals surface area contributed by atoms with Crippen LogP contribution in [0.3, 0.4) is 0 Å². The highest BCUT2D eigenvalue weighted by atomic mass is 35.5. The molecular formula is C19H19ClN6O2. The van der Waals surface area contributed by atoms with Crippen LogP contribution in [-0.4, -0.2) is 49.8 Å². The van der Waals surface area contributed by atoms with Gasteiger partial charge in [-0.25, -0.2) is 4.68 Å². The number of primary amides is 1. The van der Waals surface area contributed by atoms with Crippen LogP contribution in [-0.2, 0) is 0 Å². The standard InChI is InChI=1S/C19H19ClN6O2/c20-13-5-1-2-6-17(13)26-9-7-14(24-26)19(28)25-8-3-4-12(11-25)15-10-16(18(21)27)23-22-15/h1-2,5-7,9-10,12H,3-4,8,11H2,(H2,21,27)(H,22,23)/t12-/m0/s1. The van der Waals surface area contributed by atoms with Crippen molar-refractivity contribution < 1.29 is 9.59 Å². The highest BCUT2D eigenvalue weighted by Crippen LogP contribution is 2.27. The third kappa shape index (κ3) is 3.50. The minimum absolute atomic E-state index is 0.0731. The molecule has 3 heterocycles. The number of nitrogens with one attached hydrogen (secondary N) is 1. The number of hydrogen-bond donors (Lipinski definition) is 2. The van der Waals surface area contributed by atoms with Crippen molar-refractivity contribution in [2.75, 3.05) is 13.1 Å². The van der Waals surface area contributed by atoms with E-state index in [4.69, 9.17) is 17.3 Å². The van der Waals surface area contributed by atoms with Gasteiger partial charge in [-0.15, -0.1) is 0 Å². The summed E-state index contributed by atoms with van der Waals surface area (Å²) in [4.78, 5) is 26.0. The average Bonchev–Trinajstić information content (AvgIpc) is 3.38. The molecule has 0 unspecified atom stereocenters. The molecule has 1 saturated heterocycles. The number of H-pyrrole nitrogens is 1. The second-order valence-electron chi connectivity index (χ2n) is 6.76. The molecule has 144 valence electrons. The number of carbonyl (C=O) groups excluding carboxylic acids is 2. The lowest BCUT2D eigenvalue weighted by Crippen LogP contribution is -2.39. The van der Waals surface area contributed by atoms with Crippen molar-refractivity contribution >= 4 is 23.4 Å². The fourth-order valence-electron chi connectivity index (χ4n) is 3.46. The molecule has 0 aliphatic carbocycles. The summed E-state index contributed by atoms with van der Waals surface area (Å²) < 4.78 is 1.60. The average molecular weight is 399 g/mol. The number of aromatic nitrogens is 4. The van der Waals surface area contributed by atoms with E-state index < -0.39 is 5.91 Å². The molecule has 1 aromatic carbocycles. The van der Waals surface area contributed by atoms with Gasteiger partial charge < -0.3 is 10.6 Å². The van der Waals surface area contributed by atoms with Crippen molar-refractivity contribution in [1.29, 1.82) is 0 Å². The predicted molar refractivity (Wildman–Crippen MR) is 104 cm³/mol. The summed E-state index contributed by atoms with van der Waals surface area (Å²) in [5.41, 5.74) is 7.36. The van der Waals surface area contributed by atoms with Crippen LogP contribution < -0.4 is 5.73 Å². The number of carbonyl (C=O) groups is 2. The molecule has 3 N–H and O–H groups in total. The third-order valence-corrected chi connectivity index (χ3v) is 5.23. The molecule has 2 aromatic heterocycles. The summed E-state index contributed by atoms with van der Waals surface area (Å²) in [6.45, 7) is 1.18. The van der Waals surface area contributed by atoms with Gasteiger partial charge in [0.25, 0.3) is 11.8 Å². The lowest BCUT2D eigenvalue weighted by Gasteiger charge is -2.31. The topological polar surface area (TPSA) is 110 Å². The Morgan fingerprint density at radius 3 is 2.79 bits per heavy atom. The van der Waals surface area contributed by atoms with E-state index >= 15 is 0 Å². The SMILES string of the molecule is NC(=O)c1cc([C@H]2CCCN(C(=O)c3ccn(-c4ccccc4Cl)n3)C2)[nH]n1. The lowest BCUT2D eigenvalue weighted by molar-refractivity contribution is 0.0699. The zero-order valence-corrected chi connectivity index (χ0v) is 15.8. The number of amides is 2. The molecule has 0 bridgehead atoms. The maximum atomic E-state index is 12.9. The smallest absolute Gasteiger partial charge is 0.274 e. The van der Waals surface area contributed by atoms with E-state index in [1.807, 2.05) is 18.2 Å². The Morgan fingerprint density at radius 2 is 2.04 bits per heavy atom. The van der Waals surface area contributed by atoms with Gasteiger partial charge in [-0.2, -0.15) is 10.2 Å². The maximum absolute atomic E-state index is 12.9. The van der Waals surface area contributed by atoms with Crippen LogP contribution in [0.2, 0.25) is 5.02 Å². The van der Waals surface area contributed by atoms with E-state index in [0.29, 0.717) is 23.8 Å². The van der Waals surface area contributed by atoms with Gasteiger partial charge in [0.15, 0.2) is 5.69 Å². The number of piperidine rings is 1. The number of para-hydroxylation sites is 1. The zero-order valence-electron chi connectivity index (χ0n) is 15.0. The highest BCUT2D eigenvalue weighted by molar-refractivity contribution is 6.32.